The van der Waals surface area contributed by atoms with Crippen molar-refractivity contribution in [2.24, 2.45) is 0 Å². The van der Waals surface area contributed by atoms with E-state index in [-0.39, 0.29) is 12.0 Å². The summed E-state index contributed by atoms with van der Waals surface area (Å²) in [5, 5.41) is 2.96. The number of esters is 1. The topological polar surface area (TPSA) is 61.9 Å². The van der Waals surface area contributed by atoms with E-state index in [9.17, 15) is 9.59 Å². The second-order valence-electron chi connectivity index (χ2n) is 6.00. The molecule has 0 fully saturated rings. The standard InChI is InChI=1S/C18H29N3O3/c1-5-6-11-19-18(23)21(13-12-20(2)3)14-15-7-9-16(10-8-15)17(22)24-4/h7-10H,5-6,11-14H2,1-4H3,(H,19,23). The molecule has 24 heavy (non-hydrogen) atoms. The van der Waals surface area contributed by atoms with Crippen LogP contribution in [0.25, 0.3) is 0 Å². The van der Waals surface area contributed by atoms with Gasteiger partial charge in [0, 0.05) is 26.2 Å². The summed E-state index contributed by atoms with van der Waals surface area (Å²) in [5.41, 5.74) is 1.49. The van der Waals surface area contributed by atoms with Gasteiger partial charge in [-0.2, -0.15) is 0 Å². The number of likely N-dealkylation sites (N-methyl/N-ethyl adjacent to an activating group) is 1. The lowest BCUT2D eigenvalue weighted by Gasteiger charge is -2.25. The predicted octanol–water partition coefficient (Wildman–Crippen LogP) is 2.35. The van der Waals surface area contributed by atoms with E-state index in [2.05, 4.69) is 12.2 Å². The fourth-order valence-electron chi connectivity index (χ4n) is 2.14. The third-order valence-corrected chi connectivity index (χ3v) is 3.66. The van der Waals surface area contributed by atoms with Gasteiger partial charge in [0.15, 0.2) is 0 Å². The van der Waals surface area contributed by atoms with Crippen LogP contribution in [0.5, 0.6) is 0 Å². The Labute approximate surface area is 144 Å². The van der Waals surface area contributed by atoms with Gasteiger partial charge in [-0.1, -0.05) is 25.5 Å². The van der Waals surface area contributed by atoms with Gasteiger partial charge in [0.2, 0.25) is 0 Å². The summed E-state index contributed by atoms with van der Waals surface area (Å²) < 4.78 is 4.70. The number of urea groups is 1. The van der Waals surface area contributed by atoms with E-state index in [1.54, 1.807) is 17.0 Å². The van der Waals surface area contributed by atoms with Crippen molar-refractivity contribution in [1.29, 1.82) is 0 Å². The van der Waals surface area contributed by atoms with E-state index in [0.29, 0.717) is 25.2 Å². The molecule has 1 N–H and O–H groups in total. The maximum Gasteiger partial charge on any atom is 0.337 e. The van der Waals surface area contributed by atoms with Crippen molar-refractivity contribution in [3.8, 4) is 0 Å². The van der Waals surface area contributed by atoms with Crippen molar-refractivity contribution in [3.05, 3.63) is 35.4 Å². The van der Waals surface area contributed by atoms with Gasteiger partial charge < -0.3 is 19.9 Å². The summed E-state index contributed by atoms with van der Waals surface area (Å²) >= 11 is 0. The molecule has 0 unspecified atom stereocenters. The zero-order valence-electron chi connectivity index (χ0n) is 15.2. The average Bonchev–Trinajstić information content (AvgIpc) is 2.58. The number of amides is 2. The van der Waals surface area contributed by atoms with Gasteiger partial charge in [0.25, 0.3) is 0 Å². The molecule has 0 aromatic heterocycles. The van der Waals surface area contributed by atoms with Crippen LogP contribution < -0.4 is 5.32 Å². The van der Waals surface area contributed by atoms with E-state index in [1.807, 2.05) is 31.1 Å². The smallest absolute Gasteiger partial charge is 0.337 e. The molecule has 1 aromatic rings. The first kappa shape index (κ1) is 20.0. The van der Waals surface area contributed by atoms with E-state index < -0.39 is 0 Å². The molecule has 0 radical (unpaired) electrons. The molecule has 6 nitrogen and oxygen atoms in total. The number of nitrogens with zero attached hydrogens (tertiary/aromatic N) is 2. The van der Waals surface area contributed by atoms with Crippen LogP contribution in [0.2, 0.25) is 0 Å². The quantitative estimate of drug-likeness (QED) is 0.556. The lowest BCUT2D eigenvalue weighted by Crippen LogP contribution is -2.42. The SMILES string of the molecule is CCCCNC(=O)N(CCN(C)C)Cc1ccc(C(=O)OC)cc1. The van der Waals surface area contributed by atoms with Gasteiger partial charge in [-0.15, -0.1) is 0 Å². The largest absolute Gasteiger partial charge is 0.465 e. The Morgan fingerprint density at radius 1 is 1.12 bits per heavy atom. The Balaban J connectivity index is 2.72. The molecule has 6 heteroatoms. The number of carbonyl (C=O) groups is 2. The van der Waals surface area contributed by atoms with Gasteiger partial charge in [-0.25, -0.2) is 9.59 Å². The zero-order chi connectivity index (χ0) is 17.9. The Hall–Kier alpha value is -2.08. The van der Waals surface area contributed by atoms with Crippen LogP contribution in [0.4, 0.5) is 4.79 Å². The summed E-state index contributed by atoms with van der Waals surface area (Å²) in [4.78, 5) is 27.7. The number of unbranched alkanes of at least 4 members (excludes halogenated alkanes) is 1. The number of carbonyl (C=O) groups excluding carboxylic acids is 2. The van der Waals surface area contributed by atoms with E-state index >= 15 is 0 Å². The second-order valence-corrected chi connectivity index (χ2v) is 6.00. The highest BCUT2D eigenvalue weighted by Gasteiger charge is 2.14. The molecule has 0 aliphatic heterocycles. The van der Waals surface area contributed by atoms with Crippen molar-refractivity contribution in [2.75, 3.05) is 40.8 Å². The number of rotatable bonds is 9. The number of methoxy groups -OCH3 is 1. The first-order chi connectivity index (χ1) is 11.5. The lowest BCUT2D eigenvalue weighted by molar-refractivity contribution is 0.0600. The van der Waals surface area contributed by atoms with Gasteiger partial charge in [0.05, 0.1) is 12.7 Å². The highest BCUT2D eigenvalue weighted by Crippen LogP contribution is 2.09. The van der Waals surface area contributed by atoms with Crippen LogP contribution in [-0.4, -0.2) is 62.6 Å². The van der Waals surface area contributed by atoms with Gasteiger partial charge >= 0.3 is 12.0 Å². The van der Waals surface area contributed by atoms with Crippen LogP contribution in [0.15, 0.2) is 24.3 Å². The van der Waals surface area contributed by atoms with Crippen LogP contribution in [0.3, 0.4) is 0 Å². The average molecular weight is 335 g/mol. The molecule has 1 rings (SSSR count). The summed E-state index contributed by atoms with van der Waals surface area (Å²) in [6, 6.07) is 7.10. The molecular formula is C18H29N3O3. The fraction of sp³-hybridized carbons (Fsp3) is 0.556. The molecule has 0 aliphatic rings. The molecule has 0 saturated heterocycles. The molecular weight excluding hydrogens is 306 g/mol. The molecule has 134 valence electrons. The minimum Gasteiger partial charge on any atom is -0.465 e. The molecule has 0 bridgehead atoms. The van der Waals surface area contributed by atoms with Crippen LogP contribution in [0.1, 0.15) is 35.7 Å². The number of hydrogen-bond acceptors (Lipinski definition) is 4. The number of benzene rings is 1. The predicted molar refractivity (Wildman–Crippen MR) is 95.1 cm³/mol. The summed E-state index contributed by atoms with van der Waals surface area (Å²) in [6.07, 6.45) is 2.02. The molecule has 0 spiro atoms. The van der Waals surface area contributed by atoms with Crippen molar-refractivity contribution in [2.45, 2.75) is 26.3 Å². The summed E-state index contributed by atoms with van der Waals surface area (Å²) in [5.74, 6) is -0.358. The van der Waals surface area contributed by atoms with Gasteiger partial charge in [0.1, 0.15) is 0 Å². The number of nitrogens with one attached hydrogen (secondary N) is 1. The molecule has 1 aromatic carbocycles. The normalized spacial score (nSPS) is 10.5. The van der Waals surface area contributed by atoms with E-state index in [0.717, 1.165) is 24.9 Å². The highest BCUT2D eigenvalue weighted by molar-refractivity contribution is 5.89. The molecule has 0 heterocycles. The third-order valence-electron chi connectivity index (χ3n) is 3.66. The van der Waals surface area contributed by atoms with Crippen molar-refractivity contribution < 1.29 is 14.3 Å². The van der Waals surface area contributed by atoms with Crippen molar-refractivity contribution in [1.82, 2.24) is 15.1 Å². The lowest BCUT2D eigenvalue weighted by atomic mass is 10.1. The van der Waals surface area contributed by atoms with Crippen LogP contribution in [-0.2, 0) is 11.3 Å². The Morgan fingerprint density at radius 2 is 1.79 bits per heavy atom. The highest BCUT2D eigenvalue weighted by atomic mass is 16.5. The molecule has 0 atom stereocenters. The maximum atomic E-state index is 12.4. The van der Waals surface area contributed by atoms with Gasteiger partial charge in [-0.05, 0) is 38.2 Å². The first-order valence-corrected chi connectivity index (χ1v) is 8.32. The second kappa shape index (κ2) is 10.6. The third kappa shape index (κ3) is 7.00. The minimum atomic E-state index is -0.358. The van der Waals surface area contributed by atoms with E-state index in [1.165, 1.54) is 7.11 Å². The monoisotopic (exact) mass is 335 g/mol. The Morgan fingerprint density at radius 3 is 2.33 bits per heavy atom. The molecule has 2 amide bonds. The van der Waals surface area contributed by atoms with Crippen LogP contribution in [0, 0.1) is 0 Å². The fourth-order valence-corrected chi connectivity index (χ4v) is 2.14. The first-order valence-electron chi connectivity index (χ1n) is 8.32. The van der Waals surface area contributed by atoms with Crippen LogP contribution >= 0.6 is 0 Å². The Bertz CT molecular complexity index is 515. The molecule has 0 saturated carbocycles. The summed E-state index contributed by atoms with van der Waals surface area (Å²) in [6.45, 7) is 4.73. The maximum absolute atomic E-state index is 12.4. The Kier molecular flexibility index (Phi) is 8.86. The number of ether oxygens (including phenoxy) is 1. The number of hydrogen-bond donors (Lipinski definition) is 1. The van der Waals surface area contributed by atoms with Crippen molar-refractivity contribution in [3.63, 3.8) is 0 Å². The zero-order valence-corrected chi connectivity index (χ0v) is 15.2. The van der Waals surface area contributed by atoms with Gasteiger partial charge in [-0.3, -0.25) is 0 Å². The molecule has 0 aliphatic carbocycles. The van der Waals surface area contributed by atoms with Crippen molar-refractivity contribution >= 4 is 12.0 Å². The van der Waals surface area contributed by atoms with E-state index in [4.69, 9.17) is 4.74 Å². The minimum absolute atomic E-state index is 0.0534. The summed E-state index contributed by atoms with van der Waals surface area (Å²) in [7, 11) is 5.33.